The average molecular weight is 310 g/mol. The first-order valence-electron chi connectivity index (χ1n) is 5.81. The molecule has 0 bridgehead atoms. The highest BCUT2D eigenvalue weighted by atomic mass is 35.5. The topological polar surface area (TPSA) is 69.4 Å². The third kappa shape index (κ3) is 3.17. The van der Waals surface area contributed by atoms with Crippen LogP contribution in [0.15, 0.2) is 36.4 Å². The van der Waals surface area contributed by atoms with Crippen LogP contribution >= 0.6 is 11.6 Å². The summed E-state index contributed by atoms with van der Waals surface area (Å²) in [5.74, 6) is -1.34. The summed E-state index contributed by atoms with van der Waals surface area (Å²) < 4.78 is 19.1. The minimum absolute atomic E-state index is 0.0230. The van der Waals surface area contributed by atoms with E-state index in [9.17, 15) is 19.3 Å². The van der Waals surface area contributed by atoms with Gasteiger partial charge in [0.2, 0.25) is 0 Å². The number of ether oxygens (including phenoxy) is 1. The molecule has 0 aliphatic rings. The minimum Gasteiger partial charge on any atom is -0.452 e. The lowest BCUT2D eigenvalue weighted by Gasteiger charge is -2.11. The van der Waals surface area contributed by atoms with Gasteiger partial charge in [-0.15, -0.1) is 0 Å². The first kappa shape index (κ1) is 14.9. The highest BCUT2D eigenvalue weighted by Crippen LogP contribution is 2.35. The van der Waals surface area contributed by atoms with Gasteiger partial charge in [-0.2, -0.15) is 0 Å². The molecule has 0 atom stereocenters. The van der Waals surface area contributed by atoms with Crippen LogP contribution < -0.4 is 4.74 Å². The second-order valence-electron chi connectivity index (χ2n) is 4.15. The SMILES string of the molecule is CC(=O)c1cccc(F)c1Oc1ccc([N+](=O)[O-])cc1Cl. The quantitative estimate of drug-likeness (QED) is 0.477. The number of benzene rings is 2. The van der Waals surface area contributed by atoms with E-state index in [1.165, 1.54) is 31.2 Å². The van der Waals surface area contributed by atoms with Crippen LogP contribution in [0, 0.1) is 15.9 Å². The van der Waals surface area contributed by atoms with Crippen LogP contribution in [-0.4, -0.2) is 10.7 Å². The maximum atomic E-state index is 13.8. The van der Waals surface area contributed by atoms with Gasteiger partial charge < -0.3 is 4.74 Å². The Bertz CT molecular complexity index is 733. The molecule has 0 N–H and O–H groups in total. The Balaban J connectivity index is 2.44. The van der Waals surface area contributed by atoms with E-state index in [-0.39, 0.29) is 33.6 Å². The summed E-state index contributed by atoms with van der Waals surface area (Å²) >= 11 is 5.87. The maximum absolute atomic E-state index is 13.8. The molecule has 2 aromatic rings. The fraction of sp³-hybridized carbons (Fsp3) is 0.0714. The van der Waals surface area contributed by atoms with Gasteiger partial charge in [0, 0.05) is 12.1 Å². The predicted molar refractivity (Wildman–Crippen MR) is 74.6 cm³/mol. The monoisotopic (exact) mass is 309 g/mol. The number of hydrogen-bond acceptors (Lipinski definition) is 4. The van der Waals surface area contributed by atoms with Crippen LogP contribution in [-0.2, 0) is 0 Å². The summed E-state index contributed by atoms with van der Waals surface area (Å²) in [5, 5.41) is 10.6. The zero-order valence-electron chi connectivity index (χ0n) is 10.8. The lowest BCUT2D eigenvalue weighted by molar-refractivity contribution is -0.384. The van der Waals surface area contributed by atoms with Crippen LogP contribution in [0.2, 0.25) is 5.02 Å². The summed E-state index contributed by atoms with van der Waals surface area (Å²) in [6.07, 6.45) is 0. The number of nitrogens with zero attached hydrogens (tertiary/aromatic N) is 1. The number of carbonyl (C=O) groups excluding carboxylic acids is 1. The van der Waals surface area contributed by atoms with Crippen molar-refractivity contribution in [1.29, 1.82) is 0 Å². The molecular weight excluding hydrogens is 301 g/mol. The van der Waals surface area contributed by atoms with Crippen molar-refractivity contribution in [3.63, 3.8) is 0 Å². The summed E-state index contributed by atoms with van der Waals surface area (Å²) in [5.41, 5.74) is -0.155. The summed E-state index contributed by atoms with van der Waals surface area (Å²) in [4.78, 5) is 21.5. The normalized spacial score (nSPS) is 10.2. The molecule has 0 radical (unpaired) electrons. The fourth-order valence-electron chi connectivity index (χ4n) is 1.69. The molecular formula is C14H9ClFNO4. The molecule has 7 heteroatoms. The van der Waals surface area contributed by atoms with E-state index in [4.69, 9.17) is 16.3 Å². The van der Waals surface area contributed by atoms with Crippen molar-refractivity contribution in [1.82, 2.24) is 0 Å². The molecule has 2 aromatic carbocycles. The molecule has 0 heterocycles. The van der Waals surface area contributed by atoms with Crippen LogP contribution in [0.25, 0.3) is 0 Å². The van der Waals surface area contributed by atoms with E-state index >= 15 is 0 Å². The Morgan fingerprint density at radius 1 is 1.33 bits per heavy atom. The predicted octanol–water partition coefficient (Wildman–Crippen LogP) is 4.38. The average Bonchev–Trinajstić information content (AvgIpc) is 2.42. The number of nitro benzene ring substituents is 1. The van der Waals surface area contributed by atoms with E-state index < -0.39 is 10.7 Å². The van der Waals surface area contributed by atoms with Crippen molar-refractivity contribution in [2.75, 3.05) is 0 Å². The summed E-state index contributed by atoms with van der Waals surface area (Å²) in [7, 11) is 0. The van der Waals surface area contributed by atoms with Gasteiger partial charge in [-0.1, -0.05) is 17.7 Å². The fourth-order valence-corrected chi connectivity index (χ4v) is 1.90. The standard InChI is InChI=1S/C14H9ClFNO4/c1-8(18)10-3-2-4-12(16)14(10)21-13-6-5-9(17(19)20)7-11(13)15/h2-7H,1H3. The lowest BCUT2D eigenvalue weighted by Crippen LogP contribution is -2.00. The Hall–Kier alpha value is -2.47. The van der Waals surface area contributed by atoms with Crippen LogP contribution in [0.5, 0.6) is 11.5 Å². The number of Topliss-reactive ketones (excluding diaryl/α,β-unsaturated/α-hetero) is 1. The molecule has 0 aliphatic carbocycles. The number of rotatable bonds is 4. The van der Waals surface area contributed by atoms with Crippen LogP contribution in [0.1, 0.15) is 17.3 Å². The highest BCUT2D eigenvalue weighted by Gasteiger charge is 2.17. The van der Waals surface area contributed by atoms with Crippen molar-refractivity contribution in [3.05, 3.63) is 62.9 Å². The van der Waals surface area contributed by atoms with Gasteiger partial charge in [0.1, 0.15) is 5.75 Å². The highest BCUT2D eigenvalue weighted by molar-refractivity contribution is 6.32. The Labute approximate surface area is 124 Å². The van der Waals surface area contributed by atoms with Gasteiger partial charge in [0.05, 0.1) is 15.5 Å². The largest absolute Gasteiger partial charge is 0.452 e. The van der Waals surface area contributed by atoms with Crippen LogP contribution in [0.3, 0.4) is 0 Å². The molecule has 0 spiro atoms. The summed E-state index contributed by atoms with van der Waals surface area (Å²) in [6, 6.07) is 7.45. The first-order chi connectivity index (χ1) is 9.90. The molecule has 0 saturated heterocycles. The lowest BCUT2D eigenvalue weighted by atomic mass is 10.1. The molecule has 2 rings (SSSR count). The number of carbonyl (C=O) groups is 1. The molecule has 0 unspecified atom stereocenters. The molecule has 108 valence electrons. The molecule has 0 amide bonds. The zero-order valence-corrected chi connectivity index (χ0v) is 11.6. The van der Waals surface area contributed by atoms with Crippen molar-refractivity contribution in [2.24, 2.45) is 0 Å². The number of para-hydroxylation sites is 1. The number of non-ortho nitro benzene ring substituents is 1. The Morgan fingerprint density at radius 3 is 2.62 bits per heavy atom. The smallest absolute Gasteiger partial charge is 0.271 e. The van der Waals surface area contributed by atoms with Gasteiger partial charge >= 0.3 is 0 Å². The van der Waals surface area contributed by atoms with E-state index in [1.807, 2.05) is 0 Å². The second kappa shape index (κ2) is 5.88. The molecule has 0 aromatic heterocycles. The first-order valence-corrected chi connectivity index (χ1v) is 6.19. The number of nitro groups is 1. The van der Waals surface area contributed by atoms with Crippen molar-refractivity contribution in [3.8, 4) is 11.5 Å². The van der Waals surface area contributed by atoms with E-state index in [0.29, 0.717) is 0 Å². The molecule has 0 saturated carbocycles. The Kier molecular flexibility index (Phi) is 4.18. The van der Waals surface area contributed by atoms with Crippen LogP contribution in [0.4, 0.5) is 10.1 Å². The van der Waals surface area contributed by atoms with Crippen molar-refractivity contribution in [2.45, 2.75) is 6.92 Å². The molecule has 0 aliphatic heterocycles. The number of hydrogen-bond donors (Lipinski definition) is 0. The molecule has 0 fully saturated rings. The maximum Gasteiger partial charge on any atom is 0.271 e. The number of halogens is 2. The van der Waals surface area contributed by atoms with Gasteiger partial charge in [0.15, 0.2) is 17.3 Å². The van der Waals surface area contributed by atoms with E-state index in [2.05, 4.69) is 0 Å². The third-order valence-electron chi connectivity index (χ3n) is 2.68. The zero-order chi connectivity index (χ0) is 15.6. The van der Waals surface area contributed by atoms with Crippen molar-refractivity contribution >= 4 is 23.1 Å². The third-order valence-corrected chi connectivity index (χ3v) is 2.98. The Morgan fingerprint density at radius 2 is 2.05 bits per heavy atom. The molecule has 5 nitrogen and oxygen atoms in total. The van der Waals surface area contributed by atoms with E-state index in [1.54, 1.807) is 0 Å². The molecule has 21 heavy (non-hydrogen) atoms. The van der Waals surface area contributed by atoms with Gasteiger partial charge in [0.25, 0.3) is 5.69 Å². The van der Waals surface area contributed by atoms with Crippen molar-refractivity contribution < 1.29 is 18.8 Å². The van der Waals surface area contributed by atoms with Gasteiger partial charge in [-0.3, -0.25) is 14.9 Å². The van der Waals surface area contributed by atoms with Gasteiger partial charge in [-0.05, 0) is 25.1 Å². The number of ketones is 1. The van der Waals surface area contributed by atoms with E-state index in [0.717, 1.165) is 12.1 Å². The van der Waals surface area contributed by atoms with Gasteiger partial charge in [-0.25, -0.2) is 4.39 Å². The second-order valence-corrected chi connectivity index (χ2v) is 4.55. The summed E-state index contributed by atoms with van der Waals surface area (Å²) in [6.45, 7) is 1.28. The minimum atomic E-state index is -0.725.